The van der Waals surface area contributed by atoms with Crippen LogP contribution in [0.15, 0.2) is 0 Å². The van der Waals surface area contributed by atoms with Gasteiger partial charge in [-0.3, -0.25) is 4.79 Å². The third-order valence-electron chi connectivity index (χ3n) is 9.38. The highest BCUT2D eigenvalue weighted by Crippen LogP contribution is 2.57. The second kappa shape index (κ2) is 9.62. The molecule has 0 heterocycles. The Morgan fingerprint density at radius 3 is 2.34 bits per heavy atom. The van der Waals surface area contributed by atoms with Crippen molar-refractivity contribution in [2.24, 2.45) is 40.9 Å². The fraction of sp³-hybridized carbons (Fsp3) is 0.923. The smallest absolute Gasteiger partial charge is 0.132 e. The summed E-state index contributed by atoms with van der Waals surface area (Å²) in [4.78, 5) is 24.5. The van der Waals surface area contributed by atoms with Crippen molar-refractivity contribution in [1.29, 1.82) is 0 Å². The van der Waals surface area contributed by atoms with Crippen LogP contribution in [0.3, 0.4) is 0 Å². The molecule has 3 heteroatoms. The number of aliphatic hydroxyl groups is 1. The quantitative estimate of drug-likeness (QED) is 0.587. The molecule has 0 aromatic heterocycles. The fourth-order valence-corrected chi connectivity index (χ4v) is 7.61. The molecule has 0 saturated heterocycles. The fourth-order valence-electron chi connectivity index (χ4n) is 7.61. The SMILES string of the molecule is CC(=O)CC1C(C2CCC(C(C)=O)CCC2C)CCCC2CC(O)CCCC21C. The number of fused-ring (bicyclic) bond motifs is 1. The molecule has 1 N–H and O–H groups in total. The summed E-state index contributed by atoms with van der Waals surface area (Å²) >= 11 is 0. The van der Waals surface area contributed by atoms with E-state index in [1.165, 1.54) is 19.3 Å². The van der Waals surface area contributed by atoms with E-state index in [-0.39, 0.29) is 17.4 Å². The molecular weight excluding hydrogens is 360 g/mol. The molecule has 3 saturated carbocycles. The second-order valence-corrected chi connectivity index (χ2v) is 11.2. The molecule has 3 fully saturated rings. The van der Waals surface area contributed by atoms with Crippen molar-refractivity contribution < 1.29 is 14.7 Å². The molecule has 0 aliphatic heterocycles. The first kappa shape index (κ1) is 23.0. The van der Waals surface area contributed by atoms with E-state index in [1.807, 2.05) is 0 Å². The van der Waals surface area contributed by atoms with Crippen molar-refractivity contribution in [3.8, 4) is 0 Å². The van der Waals surface area contributed by atoms with Crippen LogP contribution in [0.25, 0.3) is 0 Å². The van der Waals surface area contributed by atoms with Crippen molar-refractivity contribution in [2.45, 2.75) is 111 Å². The summed E-state index contributed by atoms with van der Waals surface area (Å²) in [6, 6.07) is 0. The van der Waals surface area contributed by atoms with E-state index in [2.05, 4.69) is 13.8 Å². The van der Waals surface area contributed by atoms with Gasteiger partial charge in [-0.2, -0.15) is 0 Å². The second-order valence-electron chi connectivity index (χ2n) is 11.2. The number of rotatable bonds is 4. The average Bonchev–Trinajstić information content (AvgIpc) is 2.97. The van der Waals surface area contributed by atoms with E-state index in [9.17, 15) is 14.7 Å². The lowest BCUT2D eigenvalue weighted by atomic mass is 9.57. The highest BCUT2D eigenvalue weighted by Gasteiger charge is 2.50. The Labute approximate surface area is 178 Å². The van der Waals surface area contributed by atoms with Gasteiger partial charge in [-0.25, -0.2) is 0 Å². The van der Waals surface area contributed by atoms with Crippen LogP contribution in [0.1, 0.15) is 105 Å². The van der Waals surface area contributed by atoms with E-state index in [0.29, 0.717) is 47.6 Å². The van der Waals surface area contributed by atoms with E-state index >= 15 is 0 Å². The van der Waals surface area contributed by atoms with E-state index in [4.69, 9.17) is 0 Å². The third kappa shape index (κ3) is 5.14. The molecule has 0 bridgehead atoms. The van der Waals surface area contributed by atoms with Crippen molar-refractivity contribution in [2.75, 3.05) is 0 Å². The zero-order valence-corrected chi connectivity index (χ0v) is 19.3. The normalized spacial score (nSPS) is 44.1. The minimum absolute atomic E-state index is 0.163. The molecular formula is C26H44O3. The molecule has 3 nitrogen and oxygen atoms in total. The van der Waals surface area contributed by atoms with Crippen LogP contribution in [-0.2, 0) is 9.59 Å². The van der Waals surface area contributed by atoms with Gasteiger partial charge < -0.3 is 9.90 Å². The van der Waals surface area contributed by atoms with E-state index in [1.54, 1.807) is 13.8 Å². The molecule has 0 radical (unpaired) electrons. The topological polar surface area (TPSA) is 54.4 Å². The Hall–Kier alpha value is -0.700. The van der Waals surface area contributed by atoms with Gasteiger partial charge in [-0.05, 0) is 107 Å². The summed E-state index contributed by atoms with van der Waals surface area (Å²) in [6.07, 6.45) is 12.6. The number of aliphatic hydroxyl groups excluding tert-OH is 1. The van der Waals surface area contributed by atoms with Gasteiger partial charge in [0.25, 0.3) is 0 Å². The summed E-state index contributed by atoms with van der Waals surface area (Å²) in [5, 5.41) is 10.5. The Bertz CT molecular complexity index is 585. The average molecular weight is 405 g/mol. The molecule has 3 aliphatic carbocycles. The van der Waals surface area contributed by atoms with Gasteiger partial charge in [0.15, 0.2) is 0 Å². The lowest BCUT2D eigenvalue weighted by Crippen LogP contribution is -2.42. The number of ketones is 2. The molecule has 8 unspecified atom stereocenters. The van der Waals surface area contributed by atoms with Crippen LogP contribution >= 0.6 is 0 Å². The maximum atomic E-state index is 12.4. The molecule has 166 valence electrons. The van der Waals surface area contributed by atoms with Crippen molar-refractivity contribution >= 4 is 11.6 Å². The van der Waals surface area contributed by atoms with Gasteiger partial charge in [-0.1, -0.05) is 26.7 Å². The van der Waals surface area contributed by atoms with Gasteiger partial charge in [-0.15, -0.1) is 0 Å². The Kier molecular flexibility index (Phi) is 7.62. The van der Waals surface area contributed by atoms with Gasteiger partial charge >= 0.3 is 0 Å². The number of hydrogen-bond acceptors (Lipinski definition) is 3. The summed E-state index contributed by atoms with van der Waals surface area (Å²) in [6.45, 7) is 8.40. The Morgan fingerprint density at radius 2 is 1.66 bits per heavy atom. The van der Waals surface area contributed by atoms with E-state index in [0.717, 1.165) is 51.4 Å². The van der Waals surface area contributed by atoms with Crippen LogP contribution in [0.5, 0.6) is 0 Å². The van der Waals surface area contributed by atoms with Crippen molar-refractivity contribution in [3.05, 3.63) is 0 Å². The lowest BCUT2D eigenvalue weighted by molar-refractivity contribution is -0.121. The van der Waals surface area contributed by atoms with Crippen molar-refractivity contribution in [1.82, 2.24) is 0 Å². The summed E-state index contributed by atoms with van der Waals surface area (Å²) < 4.78 is 0. The van der Waals surface area contributed by atoms with Crippen LogP contribution in [0.4, 0.5) is 0 Å². The largest absolute Gasteiger partial charge is 0.393 e. The highest BCUT2D eigenvalue weighted by molar-refractivity contribution is 5.78. The summed E-state index contributed by atoms with van der Waals surface area (Å²) in [7, 11) is 0. The first-order valence-electron chi connectivity index (χ1n) is 12.4. The molecule has 0 aromatic carbocycles. The van der Waals surface area contributed by atoms with Gasteiger partial charge in [0, 0.05) is 12.3 Å². The van der Waals surface area contributed by atoms with Crippen LogP contribution in [0, 0.1) is 40.9 Å². The first-order chi connectivity index (χ1) is 13.7. The molecule has 0 spiro atoms. The molecule has 0 amide bonds. The van der Waals surface area contributed by atoms with E-state index < -0.39 is 0 Å². The zero-order valence-electron chi connectivity index (χ0n) is 19.3. The van der Waals surface area contributed by atoms with Gasteiger partial charge in [0.05, 0.1) is 6.10 Å². The standard InChI is InChI=1S/C26H44O3/c1-17-10-11-20(19(3)28)12-13-23(17)24-9-5-7-21-16-22(29)8-6-14-26(21,4)25(24)15-18(2)27/h17,20-25,29H,5-16H2,1-4H3. The maximum absolute atomic E-state index is 12.4. The number of hydrogen-bond donors (Lipinski definition) is 1. The highest BCUT2D eigenvalue weighted by atomic mass is 16.3. The summed E-state index contributed by atoms with van der Waals surface area (Å²) in [5.74, 6) is 3.77. The minimum atomic E-state index is -0.163. The Morgan fingerprint density at radius 1 is 0.931 bits per heavy atom. The van der Waals surface area contributed by atoms with Crippen LogP contribution in [0.2, 0.25) is 0 Å². The predicted molar refractivity (Wildman–Crippen MR) is 117 cm³/mol. The third-order valence-corrected chi connectivity index (χ3v) is 9.38. The molecule has 3 rings (SSSR count). The molecule has 3 aliphatic rings. The van der Waals surface area contributed by atoms with Gasteiger partial charge in [0.2, 0.25) is 0 Å². The minimum Gasteiger partial charge on any atom is -0.393 e. The maximum Gasteiger partial charge on any atom is 0.132 e. The van der Waals surface area contributed by atoms with Gasteiger partial charge in [0.1, 0.15) is 11.6 Å². The number of carbonyl (C=O) groups excluding carboxylic acids is 2. The Balaban J connectivity index is 1.91. The summed E-state index contributed by atoms with van der Waals surface area (Å²) in [5.41, 5.74) is 0.163. The monoisotopic (exact) mass is 404 g/mol. The van der Waals surface area contributed by atoms with Crippen molar-refractivity contribution in [3.63, 3.8) is 0 Å². The zero-order chi connectivity index (χ0) is 21.2. The number of Topliss-reactive ketones (excluding diaryl/α,β-unsaturated/α-hetero) is 2. The molecule has 29 heavy (non-hydrogen) atoms. The van der Waals surface area contributed by atoms with Crippen LogP contribution in [-0.4, -0.2) is 22.8 Å². The first-order valence-corrected chi connectivity index (χ1v) is 12.4. The number of carbonyl (C=O) groups is 2. The predicted octanol–water partition coefficient (Wildman–Crippen LogP) is 5.97. The lowest BCUT2D eigenvalue weighted by Gasteiger charge is -2.47. The molecule has 8 atom stereocenters. The molecule has 0 aromatic rings. The van der Waals surface area contributed by atoms with Crippen LogP contribution < -0.4 is 0 Å².